The van der Waals surface area contributed by atoms with E-state index in [4.69, 9.17) is 0 Å². The van der Waals surface area contributed by atoms with Gasteiger partial charge in [0.15, 0.2) is 11.6 Å². The van der Waals surface area contributed by atoms with Crippen LogP contribution < -0.4 is 0 Å². The molecule has 0 aromatic heterocycles. The average molecular weight is 200 g/mol. The number of allylic oxidation sites excluding steroid dienone is 6. The molecule has 76 valence electrons. The van der Waals surface area contributed by atoms with E-state index in [2.05, 4.69) is 18.2 Å². The van der Waals surface area contributed by atoms with Crippen molar-refractivity contribution in [2.45, 2.75) is 6.92 Å². The van der Waals surface area contributed by atoms with E-state index in [9.17, 15) is 9.59 Å². The molecule has 0 saturated heterocycles. The summed E-state index contributed by atoms with van der Waals surface area (Å²) in [5.41, 5.74) is 1.26. The summed E-state index contributed by atoms with van der Waals surface area (Å²) in [4.78, 5) is 23.5. The molecule has 1 saturated carbocycles. The summed E-state index contributed by atoms with van der Waals surface area (Å²) >= 11 is 0. The minimum Gasteiger partial charge on any atom is -0.294 e. The van der Waals surface area contributed by atoms with Crippen molar-refractivity contribution in [3.63, 3.8) is 0 Å². The standard InChI is InChI=1S/C13H12O2/c1-2-7-8-3-4-9(7)13-11(15)6-5-10(14)12(8)13/h2-6,8-9,12-13H,1H3/t8-,9+,12+,13-. The fourth-order valence-electron chi connectivity index (χ4n) is 3.26. The SMILES string of the molecule is CC=C1[C@H]2C=C[C@@H]1[C@@H]1C(=O)C=CC(=O)[C@@H]12. The van der Waals surface area contributed by atoms with Gasteiger partial charge in [0, 0.05) is 23.7 Å². The second-order valence-corrected chi connectivity index (χ2v) is 4.41. The Hall–Kier alpha value is -1.44. The third-order valence-electron chi connectivity index (χ3n) is 3.86. The number of carbonyl (C=O) groups excluding carboxylic acids is 2. The smallest absolute Gasteiger partial charge is 0.160 e. The van der Waals surface area contributed by atoms with Gasteiger partial charge in [-0.2, -0.15) is 0 Å². The Kier molecular flexibility index (Phi) is 1.64. The largest absolute Gasteiger partial charge is 0.294 e. The maximum Gasteiger partial charge on any atom is 0.160 e. The molecule has 0 N–H and O–H groups in total. The topological polar surface area (TPSA) is 34.1 Å². The predicted octanol–water partition coefficient (Wildman–Crippen LogP) is 1.69. The highest BCUT2D eigenvalue weighted by Crippen LogP contribution is 2.53. The van der Waals surface area contributed by atoms with Gasteiger partial charge in [0.2, 0.25) is 0 Å². The molecule has 3 aliphatic rings. The lowest BCUT2D eigenvalue weighted by Gasteiger charge is -2.25. The predicted molar refractivity (Wildman–Crippen MR) is 56.0 cm³/mol. The van der Waals surface area contributed by atoms with Crippen molar-refractivity contribution < 1.29 is 9.59 Å². The molecule has 4 atom stereocenters. The fourth-order valence-corrected chi connectivity index (χ4v) is 3.26. The van der Waals surface area contributed by atoms with Gasteiger partial charge in [-0.15, -0.1) is 0 Å². The third kappa shape index (κ3) is 0.942. The third-order valence-corrected chi connectivity index (χ3v) is 3.86. The van der Waals surface area contributed by atoms with Crippen molar-refractivity contribution in [2.75, 3.05) is 0 Å². The zero-order valence-electron chi connectivity index (χ0n) is 8.51. The van der Waals surface area contributed by atoms with Gasteiger partial charge in [-0.3, -0.25) is 9.59 Å². The fraction of sp³-hybridized carbons (Fsp3) is 0.385. The lowest BCUT2D eigenvalue weighted by Crippen LogP contribution is -2.34. The first-order valence-corrected chi connectivity index (χ1v) is 5.34. The Morgan fingerprint density at radius 1 is 1.00 bits per heavy atom. The molecule has 0 amide bonds. The maximum atomic E-state index is 11.8. The lowest BCUT2D eigenvalue weighted by atomic mass is 9.75. The van der Waals surface area contributed by atoms with Crippen LogP contribution in [-0.2, 0) is 9.59 Å². The Bertz CT molecular complexity index is 403. The molecule has 0 heterocycles. The summed E-state index contributed by atoms with van der Waals surface area (Å²) in [6, 6.07) is 0. The molecule has 0 aliphatic heterocycles. The van der Waals surface area contributed by atoms with Gasteiger partial charge in [0.1, 0.15) is 0 Å². The lowest BCUT2D eigenvalue weighted by molar-refractivity contribution is -0.129. The Morgan fingerprint density at radius 3 is 1.87 bits per heavy atom. The quantitative estimate of drug-likeness (QED) is 0.557. The van der Waals surface area contributed by atoms with Crippen LogP contribution in [-0.4, -0.2) is 11.6 Å². The molecule has 2 nitrogen and oxygen atoms in total. The second kappa shape index (κ2) is 2.78. The summed E-state index contributed by atoms with van der Waals surface area (Å²) in [5.74, 6) is 0.400. The molecule has 3 aliphatic carbocycles. The summed E-state index contributed by atoms with van der Waals surface area (Å²) in [5, 5.41) is 0. The van der Waals surface area contributed by atoms with Crippen LogP contribution in [0.3, 0.4) is 0 Å². The van der Waals surface area contributed by atoms with Crippen LogP contribution in [0.5, 0.6) is 0 Å². The van der Waals surface area contributed by atoms with E-state index in [0.717, 1.165) is 0 Å². The summed E-state index contributed by atoms with van der Waals surface area (Å²) in [6.45, 7) is 1.99. The van der Waals surface area contributed by atoms with Crippen molar-refractivity contribution in [1.82, 2.24) is 0 Å². The average Bonchev–Trinajstić information content (AvgIpc) is 2.78. The molecule has 15 heavy (non-hydrogen) atoms. The van der Waals surface area contributed by atoms with Crippen molar-refractivity contribution in [3.05, 3.63) is 36.0 Å². The van der Waals surface area contributed by atoms with Gasteiger partial charge in [0.05, 0.1) is 0 Å². The van der Waals surface area contributed by atoms with Gasteiger partial charge in [-0.1, -0.05) is 23.8 Å². The van der Waals surface area contributed by atoms with Crippen molar-refractivity contribution in [3.8, 4) is 0 Å². The molecule has 2 heteroatoms. The summed E-state index contributed by atoms with van der Waals surface area (Å²) < 4.78 is 0. The van der Waals surface area contributed by atoms with E-state index in [1.165, 1.54) is 17.7 Å². The molecular weight excluding hydrogens is 188 g/mol. The maximum absolute atomic E-state index is 11.8. The van der Waals surface area contributed by atoms with Gasteiger partial charge in [-0.25, -0.2) is 0 Å². The van der Waals surface area contributed by atoms with Crippen LogP contribution in [0.1, 0.15) is 6.92 Å². The number of hydrogen-bond donors (Lipinski definition) is 0. The second-order valence-electron chi connectivity index (χ2n) is 4.41. The van der Waals surface area contributed by atoms with E-state index in [0.29, 0.717) is 0 Å². The number of rotatable bonds is 0. The highest BCUT2D eigenvalue weighted by Gasteiger charge is 2.53. The first kappa shape index (κ1) is 8.84. The van der Waals surface area contributed by atoms with Crippen molar-refractivity contribution in [1.29, 1.82) is 0 Å². The Morgan fingerprint density at radius 2 is 1.47 bits per heavy atom. The zero-order chi connectivity index (χ0) is 10.6. The molecule has 0 aromatic carbocycles. The first-order valence-electron chi connectivity index (χ1n) is 5.34. The summed E-state index contributed by atoms with van der Waals surface area (Å²) in [7, 11) is 0. The normalized spacial score (nSPS) is 44.2. The Balaban J connectivity index is 2.13. The van der Waals surface area contributed by atoms with Crippen LogP contribution in [0.25, 0.3) is 0 Å². The van der Waals surface area contributed by atoms with E-state index in [1.807, 2.05) is 6.92 Å². The minimum atomic E-state index is -0.108. The molecule has 0 unspecified atom stereocenters. The van der Waals surface area contributed by atoms with E-state index in [1.54, 1.807) is 0 Å². The Labute approximate surface area is 88.4 Å². The van der Waals surface area contributed by atoms with Crippen molar-refractivity contribution >= 4 is 11.6 Å². The van der Waals surface area contributed by atoms with Gasteiger partial charge >= 0.3 is 0 Å². The van der Waals surface area contributed by atoms with Gasteiger partial charge in [0.25, 0.3) is 0 Å². The zero-order valence-corrected chi connectivity index (χ0v) is 8.51. The minimum absolute atomic E-state index is 0.108. The molecule has 1 fully saturated rings. The highest BCUT2D eigenvalue weighted by molar-refractivity contribution is 6.09. The number of fused-ring (bicyclic) bond motifs is 5. The van der Waals surface area contributed by atoms with Crippen LogP contribution >= 0.6 is 0 Å². The van der Waals surface area contributed by atoms with Crippen LogP contribution in [0.2, 0.25) is 0 Å². The molecule has 2 bridgehead atoms. The monoisotopic (exact) mass is 200 g/mol. The van der Waals surface area contributed by atoms with E-state index < -0.39 is 0 Å². The van der Waals surface area contributed by atoms with E-state index >= 15 is 0 Å². The molecule has 0 aromatic rings. The number of hydrogen-bond acceptors (Lipinski definition) is 2. The van der Waals surface area contributed by atoms with Crippen LogP contribution in [0, 0.1) is 23.7 Å². The van der Waals surface area contributed by atoms with Crippen LogP contribution in [0.15, 0.2) is 36.0 Å². The molecule has 3 rings (SSSR count). The van der Waals surface area contributed by atoms with Crippen LogP contribution in [0.4, 0.5) is 0 Å². The first-order chi connectivity index (χ1) is 7.24. The van der Waals surface area contributed by atoms with Gasteiger partial charge in [-0.05, 0) is 19.1 Å². The van der Waals surface area contributed by atoms with Crippen molar-refractivity contribution in [2.24, 2.45) is 23.7 Å². The number of carbonyl (C=O) groups is 2. The molecule has 0 spiro atoms. The molecular formula is C13H12O2. The van der Waals surface area contributed by atoms with Gasteiger partial charge < -0.3 is 0 Å². The highest BCUT2D eigenvalue weighted by atomic mass is 16.1. The van der Waals surface area contributed by atoms with E-state index in [-0.39, 0.29) is 35.2 Å². The molecule has 0 radical (unpaired) electrons. The summed E-state index contributed by atoms with van der Waals surface area (Å²) in [6.07, 6.45) is 9.14. The number of ketones is 2.